The number of rotatable bonds is 7. The number of carboxylic acid groups (broad SMARTS) is 1. The number of hydrogen-bond donors (Lipinski definition) is 2. The first kappa shape index (κ1) is 18.9. The molecule has 0 saturated carbocycles. The second kappa shape index (κ2) is 9.19. The Labute approximate surface area is 158 Å². The van der Waals surface area contributed by atoms with Crippen molar-refractivity contribution in [2.24, 2.45) is 0 Å². The van der Waals surface area contributed by atoms with E-state index in [-0.39, 0.29) is 23.6 Å². The lowest BCUT2D eigenvalue weighted by atomic mass is 10.1. The van der Waals surface area contributed by atoms with Crippen LogP contribution in [0, 0.1) is 0 Å². The second-order valence-corrected chi connectivity index (χ2v) is 6.51. The van der Waals surface area contributed by atoms with Gasteiger partial charge in [0.05, 0.1) is 24.8 Å². The molecule has 1 saturated heterocycles. The Hall–Kier alpha value is -2.86. The van der Waals surface area contributed by atoms with Crippen LogP contribution in [0.4, 0.5) is 0 Å². The van der Waals surface area contributed by atoms with Crippen LogP contribution in [0.2, 0.25) is 0 Å². The zero-order valence-corrected chi connectivity index (χ0v) is 15.0. The van der Waals surface area contributed by atoms with Crippen molar-refractivity contribution in [3.63, 3.8) is 0 Å². The first-order chi connectivity index (χ1) is 13.1. The normalized spacial score (nSPS) is 19.3. The molecule has 1 aliphatic heterocycles. The molecule has 1 fully saturated rings. The van der Waals surface area contributed by atoms with Crippen LogP contribution < -0.4 is 10.1 Å². The number of benzene rings is 2. The van der Waals surface area contributed by atoms with E-state index in [0.29, 0.717) is 38.2 Å². The number of ether oxygens (including phenoxy) is 2. The molecule has 2 aromatic carbocycles. The molecule has 0 radical (unpaired) electrons. The van der Waals surface area contributed by atoms with Crippen LogP contribution >= 0.6 is 0 Å². The van der Waals surface area contributed by atoms with E-state index in [1.807, 2.05) is 30.3 Å². The van der Waals surface area contributed by atoms with Gasteiger partial charge in [0.1, 0.15) is 11.9 Å². The molecule has 0 bridgehead atoms. The van der Waals surface area contributed by atoms with Gasteiger partial charge in [-0.15, -0.1) is 0 Å². The van der Waals surface area contributed by atoms with Gasteiger partial charge in [0.15, 0.2) is 0 Å². The Morgan fingerprint density at radius 2 is 1.85 bits per heavy atom. The average Bonchev–Trinajstić information content (AvgIpc) is 2.69. The molecule has 6 heteroatoms. The molecular formula is C21H23NO5. The van der Waals surface area contributed by atoms with Crippen LogP contribution in [0.25, 0.3) is 0 Å². The highest BCUT2D eigenvalue weighted by Crippen LogP contribution is 2.19. The number of carbonyl (C=O) groups excluding carboxylic acids is 1. The van der Waals surface area contributed by atoms with E-state index in [2.05, 4.69) is 5.32 Å². The number of carbonyl (C=O) groups is 2. The van der Waals surface area contributed by atoms with E-state index < -0.39 is 5.97 Å². The Balaban J connectivity index is 1.54. The maximum absolute atomic E-state index is 12.3. The Morgan fingerprint density at radius 1 is 1.11 bits per heavy atom. The third kappa shape index (κ3) is 5.56. The van der Waals surface area contributed by atoms with Crippen molar-refractivity contribution in [3.05, 3.63) is 65.7 Å². The minimum atomic E-state index is -0.976. The fourth-order valence-corrected chi connectivity index (χ4v) is 3.03. The van der Waals surface area contributed by atoms with Crippen molar-refractivity contribution in [1.29, 1.82) is 0 Å². The summed E-state index contributed by atoms with van der Waals surface area (Å²) in [6, 6.07) is 15.9. The van der Waals surface area contributed by atoms with Gasteiger partial charge in [-0.25, -0.2) is 4.79 Å². The molecule has 0 aromatic heterocycles. The monoisotopic (exact) mass is 369 g/mol. The van der Waals surface area contributed by atoms with Crippen molar-refractivity contribution in [3.8, 4) is 5.75 Å². The first-order valence-corrected chi connectivity index (χ1v) is 9.03. The number of nitrogens with one attached hydrogen (secondary N) is 1. The lowest BCUT2D eigenvalue weighted by molar-refractivity contribution is -0.124. The van der Waals surface area contributed by atoms with Crippen molar-refractivity contribution in [2.45, 2.75) is 31.4 Å². The molecule has 3 rings (SSSR count). The molecule has 6 nitrogen and oxygen atoms in total. The fourth-order valence-electron chi connectivity index (χ4n) is 3.03. The molecule has 1 amide bonds. The standard InChI is InChI=1S/C21H23NO5/c23-20(11-6-15-4-2-1-3-5-15)22-18-14-26-13-12-19(18)27-17-9-7-16(8-10-17)21(24)25/h1-5,7-10,18-19H,6,11-14H2,(H,22,23)(H,24,25). The molecule has 142 valence electrons. The second-order valence-electron chi connectivity index (χ2n) is 6.51. The molecule has 2 aromatic rings. The maximum atomic E-state index is 12.3. The fraction of sp³-hybridized carbons (Fsp3) is 0.333. The van der Waals surface area contributed by atoms with Crippen molar-refractivity contribution >= 4 is 11.9 Å². The molecule has 2 unspecified atom stereocenters. The summed E-state index contributed by atoms with van der Waals surface area (Å²) in [5, 5.41) is 12.0. The van der Waals surface area contributed by atoms with E-state index in [4.69, 9.17) is 14.6 Å². The van der Waals surface area contributed by atoms with Crippen LogP contribution in [0.1, 0.15) is 28.8 Å². The van der Waals surface area contributed by atoms with Crippen molar-refractivity contribution < 1.29 is 24.2 Å². The van der Waals surface area contributed by atoms with Gasteiger partial charge in [-0.2, -0.15) is 0 Å². The molecule has 0 spiro atoms. The Morgan fingerprint density at radius 3 is 2.56 bits per heavy atom. The molecule has 1 aliphatic rings. The highest BCUT2D eigenvalue weighted by Gasteiger charge is 2.29. The summed E-state index contributed by atoms with van der Waals surface area (Å²) in [4.78, 5) is 23.2. The lowest BCUT2D eigenvalue weighted by Gasteiger charge is -2.32. The van der Waals surface area contributed by atoms with E-state index in [9.17, 15) is 9.59 Å². The van der Waals surface area contributed by atoms with Gasteiger partial charge in [0.2, 0.25) is 5.91 Å². The maximum Gasteiger partial charge on any atom is 0.335 e. The predicted octanol–water partition coefficient (Wildman–Crippen LogP) is 2.67. The number of carboxylic acids is 1. The zero-order chi connectivity index (χ0) is 19.1. The van der Waals surface area contributed by atoms with Gasteiger partial charge >= 0.3 is 5.97 Å². The topological polar surface area (TPSA) is 84.9 Å². The minimum absolute atomic E-state index is 0.0378. The number of aromatic carboxylic acids is 1. The molecule has 0 aliphatic carbocycles. The first-order valence-electron chi connectivity index (χ1n) is 9.03. The van der Waals surface area contributed by atoms with E-state index in [1.54, 1.807) is 12.1 Å². The highest BCUT2D eigenvalue weighted by atomic mass is 16.5. The number of aryl methyl sites for hydroxylation is 1. The van der Waals surface area contributed by atoms with Gasteiger partial charge < -0.3 is 19.9 Å². The third-order valence-electron chi connectivity index (χ3n) is 4.51. The summed E-state index contributed by atoms with van der Waals surface area (Å²) in [5.41, 5.74) is 1.33. The highest BCUT2D eigenvalue weighted by molar-refractivity contribution is 5.87. The summed E-state index contributed by atoms with van der Waals surface area (Å²) in [6.45, 7) is 0.962. The van der Waals surface area contributed by atoms with Crippen LogP contribution in [-0.4, -0.2) is 42.3 Å². The summed E-state index contributed by atoms with van der Waals surface area (Å²) < 4.78 is 11.5. The van der Waals surface area contributed by atoms with E-state index in [1.165, 1.54) is 12.1 Å². The quantitative estimate of drug-likeness (QED) is 0.784. The van der Waals surface area contributed by atoms with Gasteiger partial charge in [-0.3, -0.25) is 4.79 Å². The number of amides is 1. The Bertz CT molecular complexity index is 760. The summed E-state index contributed by atoms with van der Waals surface area (Å²) in [5.74, 6) is -0.434. The molecular weight excluding hydrogens is 346 g/mol. The van der Waals surface area contributed by atoms with Crippen LogP contribution in [0.15, 0.2) is 54.6 Å². The van der Waals surface area contributed by atoms with Crippen LogP contribution in [0.3, 0.4) is 0 Å². The van der Waals surface area contributed by atoms with E-state index >= 15 is 0 Å². The average molecular weight is 369 g/mol. The lowest BCUT2D eigenvalue weighted by Crippen LogP contribution is -2.51. The summed E-state index contributed by atoms with van der Waals surface area (Å²) in [7, 11) is 0. The Kier molecular flexibility index (Phi) is 6.44. The van der Waals surface area contributed by atoms with Gasteiger partial charge in [-0.05, 0) is 36.2 Å². The van der Waals surface area contributed by atoms with Crippen LogP contribution in [-0.2, 0) is 16.0 Å². The third-order valence-corrected chi connectivity index (χ3v) is 4.51. The van der Waals surface area contributed by atoms with Gasteiger partial charge in [-0.1, -0.05) is 30.3 Å². The largest absolute Gasteiger partial charge is 0.488 e. The number of hydrogen-bond acceptors (Lipinski definition) is 4. The molecule has 1 heterocycles. The van der Waals surface area contributed by atoms with Gasteiger partial charge in [0.25, 0.3) is 0 Å². The van der Waals surface area contributed by atoms with Crippen molar-refractivity contribution in [2.75, 3.05) is 13.2 Å². The van der Waals surface area contributed by atoms with Crippen LogP contribution in [0.5, 0.6) is 5.75 Å². The molecule has 2 N–H and O–H groups in total. The smallest absolute Gasteiger partial charge is 0.335 e. The minimum Gasteiger partial charge on any atom is -0.488 e. The summed E-state index contributed by atoms with van der Waals surface area (Å²) in [6.07, 6.45) is 1.53. The summed E-state index contributed by atoms with van der Waals surface area (Å²) >= 11 is 0. The molecule has 2 atom stereocenters. The molecule has 27 heavy (non-hydrogen) atoms. The zero-order valence-electron chi connectivity index (χ0n) is 15.0. The van der Waals surface area contributed by atoms with E-state index in [0.717, 1.165) is 5.56 Å². The SMILES string of the molecule is O=C(CCc1ccccc1)NC1COCCC1Oc1ccc(C(=O)O)cc1. The van der Waals surface area contributed by atoms with Crippen molar-refractivity contribution in [1.82, 2.24) is 5.32 Å². The predicted molar refractivity (Wildman–Crippen MR) is 99.9 cm³/mol. The van der Waals surface area contributed by atoms with Gasteiger partial charge in [0, 0.05) is 12.8 Å².